The minimum atomic E-state index is 0.0391. The fraction of sp³-hybridized carbons (Fsp3) is 0.727. The third kappa shape index (κ3) is 2.06. The van der Waals surface area contributed by atoms with Gasteiger partial charge in [-0.2, -0.15) is 0 Å². The Morgan fingerprint density at radius 3 is 3.00 bits per heavy atom. The Kier molecular flexibility index (Phi) is 3.07. The minimum absolute atomic E-state index is 0.0391. The lowest BCUT2D eigenvalue weighted by atomic mass is 10.00. The quantitative estimate of drug-likeness (QED) is 0.820. The summed E-state index contributed by atoms with van der Waals surface area (Å²) >= 11 is 0. The highest BCUT2D eigenvalue weighted by molar-refractivity contribution is 5.05. The van der Waals surface area contributed by atoms with Crippen molar-refractivity contribution in [3.8, 4) is 0 Å². The van der Waals surface area contributed by atoms with Crippen molar-refractivity contribution >= 4 is 0 Å². The molecule has 4 heteroatoms. The second-order valence-corrected chi connectivity index (χ2v) is 4.38. The topological polar surface area (TPSA) is 53.1 Å². The number of nitrogens with two attached hydrogens (primary N) is 1. The zero-order valence-corrected chi connectivity index (χ0v) is 9.39. The van der Waals surface area contributed by atoms with Gasteiger partial charge in [0.15, 0.2) is 0 Å². The van der Waals surface area contributed by atoms with Crippen LogP contribution in [-0.2, 0) is 4.74 Å². The molecule has 0 amide bonds. The molecule has 2 rings (SSSR count). The van der Waals surface area contributed by atoms with E-state index in [1.54, 1.807) is 0 Å². The lowest BCUT2D eigenvalue weighted by molar-refractivity contribution is 0.174. The van der Waals surface area contributed by atoms with Crippen molar-refractivity contribution in [2.45, 2.75) is 32.4 Å². The highest BCUT2D eigenvalue weighted by Gasteiger charge is 2.25. The minimum Gasteiger partial charge on any atom is -0.381 e. The van der Waals surface area contributed by atoms with Crippen LogP contribution in [0.3, 0.4) is 0 Å². The summed E-state index contributed by atoms with van der Waals surface area (Å²) in [5.41, 5.74) is 7.01. The van der Waals surface area contributed by atoms with Gasteiger partial charge in [0.1, 0.15) is 0 Å². The summed E-state index contributed by atoms with van der Waals surface area (Å²) in [7, 11) is 0. The Bertz CT molecular complexity index is 315. The summed E-state index contributed by atoms with van der Waals surface area (Å²) in [4.78, 5) is 4.18. The third-order valence-corrected chi connectivity index (χ3v) is 3.25. The first-order valence-electron chi connectivity index (χ1n) is 5.55. The summed E-state index contributed by atoms with van der Waals surface area (Å²) in [6.45, 7) is 5.95. The molecule has 15 heavy (non-hydrogen) atoms. The van der Waals surface area contributed by atoms with Gasteiger partial charge in [0.2, 0.25) is 0 Å². The molecule has 84 valence electrons. The fourth-order valence-corrected chi connectivity index (χ4v) is 2.17. The van der Waals surface area contributed by atoms with Crippen LogP contribution in [0.5, 0.6) is 0 Å². The molecule has 2 heterocycles. The van der Waals surface area contributed by atoms with E-state index in [0.717, 1.165) is 25.3 Å². The van der Waals surface area contributed by atoms with Crippen LogP contribution >= 0.6 is 0 Å². The number of imidazole rings is 1. The second-order valence-electron chi connectivity index (χ2n) is 4.38. The Morgan fingerprint density at radius 2 is 2.40 bits per heavy atom. The van der Waals surface area contributed by atoms with Gasteiger partial charge in [0.05, 0.1) is 18.6 Å². The maximum Gasteiger partial charge on any atom is 0.0951 e. The molecule has 0 radical (unpaired) electrons. The van der Waals surface area contributed by atoms with Crippen molar-refractivity contribution in [2.24, 2.45) is 11.7 Å². The molecule has 0 bridgehead atoms. The highest BCUT2D eigenvalue weighted by atomic mass is 16.5. The van der Waals surface area contributed by atoms with Crippen molar-refractivity contribution in [3.05, 3.63) is 18.2 Å². The number of hydrogen-bond donors (Lipinski definition) is 1. The maximum absolute atomic E-state index is 5.90. The van der Waals surface area contributed by atoms with Crippen molar-refractivity contribution in [1.29, 1.82) is 0 Å². The Hall–Kier alpha value is -0.870. The van der Waals surface area contributed by atoms with Gasteiger partial charge in [-0.3, -0.25) is 0 Å². The summed E-state index contributed by atoms with van der Waals surface area (Å²) in [6.07, 6.45) is 4.87. The summed E-state index contributed by atoms with van der Waals surface area (Å²) in [6, 6.07) is 0.466. The van der Waals surface area contributed by atoms with E-state index in [1.807, 2.05) is 19.4 Å². The zero-order valence-electron chi connectivity index (χ0n) is 9.39. The van der Waals surface area contributed by atoms with Crippen LogP contribution in [0.15, 0.2) is 12.5 Å². The molecular weight excluding hydrogens is 190 g/mol. The van der Waals surface area contributed by atoms with Gasteiger partial charge in [-0.15, -0.1) is 0 Å². The van der Waals surface area contributed by atoms with Crippen LogP contribution < -0.4 is 5.73 Å². The number of rotatable bonds is 3. The molecule has 1 aromatic rings. The van der Waals surface area contributed by atoms with Crippen molar-refractivity contribution in [2.75, 3.05) is 13.2 Å². The first kappa shape index (κ1) is 10.6. The van der Waals surface area contributed by atoms with Crippen molar-refractivity contribution < 1.29 is 4.74 Å². The van der Waals surface area contributed by atoms with Crippen molar-refractivity contribution in [1.82, 2.24) is 9.55 Å². The zero-order chi connectivity index (χ0) is 10.8. The summed E-state index contributed by atoms with van der Waals surface area (Å²) in [5.74, 6) is 0.594. The highest BCUT2D eigenvalue weighted by Crippen LogP contribution is 2.28. The van der Waals surface area contributed by atoms with Crippen LogP contribution in [0.2, 0.25) is 0 Å². The number of aromatic nitrogens is 2. The second kappa shape index (κ2) is 4.33. The van der Waals surface area contributed by atoms with Gasteiger partial charge in [-0.05, 0) is 20.3 Å². The molecule has 1 fully saturated rings. The van der Waals surface area contributed by atoms with Crippen LogP contribution in [0.25, 0.3) is 0 Å². The van der Waals surface area contributed by atoms with E-state index in [2.05, 4.69) is 16.5 Å². The van der Waals surface area contributed by atoms with Crippen molar-refractivity contribution in [3.63, 3.8) is 0 Å². The summed E-state index contributed by atoms with van der Waals surface area (Å²) in [5, 5.41) is 0. The van der Waals surface area contributed by atoms with Crippen LogP contribution in [0.1, 0.15) is 38.0 Å². The first-order chi connectivity index (χ1) is 7.20. The van der Waals surface area contributed by atoms with Gasteiger partial charge >= 0.3 is 0 Å². The SMILES string of the molecule is CC(N)c1cncn1C(C)C1CCOC1. The van der Waals surface area contributed by atoms with E-state index in [-0.39, 0.29) is 6.04 Å². The fourth-order valence-electron chi connectivity index (χ4n) is 2.17. The van der Waals surface area contributed by atoms with E-state index in [0.29, 0.717) is 12.0 Å². The summed E-state index contributed by atoms with van der Waals surface area (Å²) < 4.78 is 7.60. The molecule has 0 aromatic carbocycles. The molecule has 4 nitrogen and oxygen atoms in total. The van der Waals surface area contributed by atoms with E-state index >= 15 is 0 Å². The molecule has 1 aromatic heterocycles. The van der Waals surface area contributed by atoms with E-state index < -0.39 is 0 Å². The Labute approximate surface area is 90.4 Å². The molecule has 0 aliphatic carbocycles. The molecule has 0 saturated carbocycles. The molecule has 2 N–H and O–H groups in total. The smallest absolute Gasteiger partial charge is 0.0951 e. The monoisotopic (exact) mass is 209 g/mol. The molecule has 1 saturated heterocycles. The van der Waals surface area contributed by atoms with Crippen LogP contribution in [0.4, 0.5) is 0 Å². The van der Waals surface area contributed by atoms with Crippen LogP contribution in [0, 0.1) is 5.92 Å². The Morgan fingerprint density at radius 1 is 1.60 bits per heavy atom. The lowest BCUT2D eigenvalue weighted by Gasteiger charge is -2.22. The molecule has 3 atom stereocenters. The van der Waals surface area contributed by atoms with E-state index in [9.17, 15) is 0 Å². The van der Waals surface area contributed by atoms with Gasteiger partial charge < -0.3 is 15.0 Å². The average molecular weight is 209 g/mol. The van der Waals surface area contributed by atoms with E-state index in [1.165, 1.54) is 0 Å². The predicted octanol–water partition coefficient (Wildman–Crippen LogP) is 1.50. The molecule has 1 aliphatic rings. The first-order valence-corrected chi connectivity index (χ1v) is 5.55. The van der Waals surface area contributed by atoms with Gasteiger partial charge in [0, 0.05) is 30.8 Å². The lowest BCUT2D eigenvalue weighted by Crippen LogP contribution is -2.20. The number of nitrogens with zero attached hydrogens (tertiary/aromatic N) is 2. The molecular formula is C11H19N3O. The Balaban J connectivity index is 2.16. The largest absolute Gasteiger partial charge is 0.381 e. The average Bonchev–Trinajstić information content (AvgIpc) is 2.88. The number of hydrogen-bond acceptors (Lipinski definition) is 3. The standard InChI is InChI=1S/C11H19N3O/c1-8(12)11-5-13-7-14(11)9(2)10-3-4-15-6-10/h5,7-10H,3-4,6,12H2,1-2H3. The number of ether oxygens (including phenoxy) is 1. The molecule has 0 spiro atoms. The van der Waals surface area contributed by atoms with Gasteiger partial charge in [-0.1, -0.05) is 0 Å². The van der Waals surface area contributed by atoms with Crippen LogP contribution in [-0.4, -0.2) is 22.8 Å². The molecule has 3 unspecified atom stereocenters. The normalized spacial score (nSPS) is 25.4. The van der Waals surface area contributed by atoms with Gasteiger partial charge in [-0.25, -0.2) is 4.98 Å². The third-order valence-electron chi connectivity index (χ3n) is 3.25. The molecule has 1 aliphatic heterocycles. The van der Waals surface area contributed by atoms with E-state index in [4.69, 9.17) is 10.5 Å². The maximum atomic E-state index is 5.90. The van der Waals surface area contributed by atoms with Gasteiger partial charge in [0.25, 0.3) is 0 Å². The predicted molar refractivity (Wildman–Crippen MR) is 58.5 cm³/mol.